The van der Waals surface area contributed by atoms with E-state index in [1.807, 2.05) is 6.07 Å². The third-order valence-electron chi connectivity index (χ3n) is 2.91. The first-order valence-electron chi connectivity index (χ1n) is 5.21. The van der Waals surface area contributed by atoms with Crippen LogP contribution in [0.1, 0.15) is 22.7 Å². The maximum Gasteiger partial charge on any atom is 0.174 e. The third-order valence-corrected chi connectivity index (χ3v) is 2.91. The fraction of sp³-hybridized carbons (Fsp3) is 0.231. The highest BCUT2D eigenvalue weighted by atomic mass is 16.3. The Labute approximate surface area is 88.9 Å². The molecule has 2 heteroatoms. The van der Waals surface area contributed by atoms with E-state index in [9.17, 15) is 0 Å². The second-order valence-electron chi connectivity index (χ2n) is 3.81. The van der Waals surface area contributed by atoms with E-state index in [1.165, 1.54) is 11.1 Å². The summed E-state index contributed by atoms with van der Waals surface area (Å²) in [5.74, 6) is 0. The molecule has 1 radical (unpaired) electrons. The Morgan fingerprint density at radius 2 is 2.20 bits per heavy atom. The molecule has 0 aliphatic carbocycles. The molecule has 2 heterocycles. The third kappa shape index (κ3) is 1.47. The Balaban J connectivity index is 2.06. The average molecular weight is 198 g/mol. The molecule has 1 atom stereocenters. The predicted octanol–water partition coefficient (Wildman–Crippen LogP) is 2.31. The van der Waals surface area contributed by atoms with Crippen molar-refractivity contribution in [2.45, 2.75) is 12.5 Å². The van der Waals surface area contributed by atoms with Crippen LogP contribution < -0.4 is 5.32 Å². The molecule has 1 aliphatic rings. The maximum absolute atomic E-state index is 5.02. The summed E-state index contributed by atoms with van der Waals surface area (Å²) in [5.41, 5.74) is 3.86. The maximum atomic E-state index is 5.02. The van der Waals surface area contributed by atoms with Crippen molar-refractivity contribution in [1.29, 1.82) is 0 Å². The number of nitrogens with one attached hydrogen (secondary N) is 1. The fourth-order valence-electron chi connectivity index (χ4n) is 2.18. The van der Waals surface area contributed by atoms with Gasteiger partial charge < -0.3 is 9.73 Å². The summed E-state index contributed by atoms with van der Waals surface area (Å²) in [6, 6.07) is 10.8. The molecule has 1 N–H and O–H groups in total. The Morgan fingerprint density at radius 3 is 3.07 bits per heavy atom. The van der Waals surface area contributed by atoms with E-state index in [-0.39, 0.29) is 6.04 Å². The molecule has 1 unspecified atom stereocenters. The van der Waals surface area contributed by atoms with E-state index in [1.54, 1.807) is 6.26 Å². The van der Waals surface area contributed by atoms with Crippen LogP contribution in [0.2, 0.25) is 0 Å². The van der Waals surface area contributed by atoms with Crippen molar-refractivity contribution in [2.24, 2.45) is 0 Å². The summed E-state index contributed by atoms with van der Waals surface area (Å²) >= 11 is 0. The summed E-state index contributed by atoms with van der Waals surface area (Å²) in [7, 11) is 0. The topological polar surface area (TPSA) is 25.2 Å². The molecule has 1 aromatic carbocycles. The van der Waals surface area contributed by atoms with Crippen LogP contribution in [0, 0.1) is 6.26 Å². The largest absolute Gasteiger partial charge is 0.461 e. The number of rotatable bonds is 1. The van der Waals surface area contributed by atoms with Crippen molar-refractivity contribution < 1.29 is 4.42 Å². The van der Waals surface area contributed by atoms with Crippen LogP contribution in [0.4, 0.5) is 0 Å². The Hall–Kier alpha value is -1.54. The predicted molar refractivity (Wildman–Crippen MR) is 57.5 cm³/mol. The lowest BCUT2D eigenvalue weighted by molar-refractivity contribution is 0.531. The van der Waals surface area contributed by atoms with E-state index in [2.05, 4.69) is 35.8 Å². The average Bonchev–Trinajstić information content (AvgIpc) is 2.82. The van der Waals surface area contributed by atoms with Gasteiger partial charge in [-0.3, -0.25) is 0 Å². The molecule has 0 bridgehead atoms. The zero-order valence-electron chi connectivity index (χ0n) is 8.36. The van der Waals surface area contributed by atoms with Gasteiger partial charge in [0.05, 0.1) is 12.3 Å². The number of hydrogen-bond donors (Lipinski definition) is 1. The summed E-state index contributed by atoms with van der Waals surface area (Å²) in [6.07, 6.45) is 5.69. The molecule has 2 nitrogen and oxygen atoms in total. The second kappa shape index (κ2) is 3.55. The zero-order chi connectivity index (χ0) is 10.1. The smallest absolute Gasteiger partial charge is 0.174 e. The van der Waals surface area contributed by atoms with Crippen molar-refractivity contribution in [1.82, 2.24) is 5.32 Å². The van der Waals surface area contributed by atoms with Gasteiger partial charge >= 0.3 is 0 Å². The molecule has 0 amide bonds. The molecule has 2 aromatic rings. The van der Waals surface area contributed by atoms with E-state index in [4.69, 9.17) is 4.42 Å². The number of benzene rings is 1. The number of hydrogen-bond acceptors (Lipinski definition) is 2. The molecular formula is C13H12NO. The molecular weight excluding hydrogens is 186 g/mol. The standard InChI is InChI=1S/C13H12NO/c1-2-4-12-10(3-1)5-7-14-13(12)11-6-8-15-9-11/h1-4,6,8,13-14H,5,7H2. The minimum atomic E-state index is 0.244. The minimum absolute atomic E-state index is 0.244. The molecule has 1 aliphatic heterocycles. The highest BCUT2D eigenvalue weighted by Crippen LogP contribution is 2.28. The first-order valence-corrected chi connectivity index (χ1v) is 5.21. The van der Waals surface area contributed by atoms with E-state index in [0.29, 0.717) is 0 Å². The summed E-state index contributed by atoms with van der Waals surface area (Å²) in [6.45, 7) is 1.01. The molecule has 0 saturated heterocycles. The highest BCUT2D eigenvalue weighted by molar-refractivity contribution is 5.37. The molecule has 1 aromatic heterocycles. The van der Waals surface area contributed by atoms with Crippen LogP contribution in [0.5, 0.6) is 0 Å². The van der Waals surface area contributed by atoms with Gasteiger partial charge in [0.2, 0.25) is 0 Å². The lowest BCUT2D eigenvalue weighted by atomic mass is 9.91. The lowest BCUT2D eigenvalue weighted by Gasteiger charge is -2.25. The van der Waals surface area contributed by atoms with Crippen molar-refractivity contribution in [3.05, 3.63) is 59.5 Å². The van der Waals surface area contributed by atoms with Gasteiger partial charge in [-0.15, -0.1) is 0 Å². The molecule has 0 fully saturated rings. The highest BCUT2D eigenvalue weighted by Gasteiger charge is 2.21. The van der Waals surface area contributed by atoms with Crippen LogP contribution >= 0.6 is 0 Å². The SMILES string of the molecule is [c]1occc1C1NCCc2ccccc21. The van der Waals surface area contributed by atoms with Gasteiger partial charge in [-0.05, 0) is 23.6 Å². The molecule has 15 heavy (non-hydrogen) atoms. The summed E-state index contributed by atoms with van der Waals surface area (Å²) in [5, 5.41) is 3.49. The van der Waals surface area contributed by atoms with Gasteiger partial charge in [0, 0.05) is 12.1 Å². The van der Waals surface area contributed by atoms with Gasteiger partial charge in [-0.2, -0.15) is 0 Å². The normalized spacial score (nSPS) is 19.9. The second-order valence-corrected chi connectivity index (χ2v) is 3.81. The van der Waals surface area contributed by atoms with Crippen molar-refractivity contribution in [3.63, 3.8) is 0 Å². The molecule has 0 spiro atoms. The fourth-order valence-corrected chi connectivity index (χ4v) is 2.18. The summed E-state index contributed by atoms with van der Waals surface area (Å²) < 4.78 is 5.02. The first kappa shape index (κ1) is 8.74. The molecule has 75 valence electrons. The molecule has 0 saturated carbocycles. The van der Waals surface area contributed by atoms with E-state index in [0.717, 1.165) is 18.5 Å². The lowest BCUT2D eigenvalue weighted by Crippen LogP contribution is -2.30. The quantitative estimate of drug-likeness (QED) is 0.760. The van der Waals surface area contributed by atoms with Crippen LogP contribution in [-0.2, 0) is 6.42 Å². The van der Waals surface area contributed by atoms with Gasteiger partial charge in [-0.25, -0.2) is 0 Å². The van der Waals surface area contributed by atoms with Crippen molar-refractivity contribution in [2.75, 3.05) is 6.54 Å². The Bertz CT molecular complexity index is 447. The zero-order valence-corrected chi connectivity index (χ0v) is 8.36. The van der Waals surface area contributed by atoms with Crippen molar-refractivity contribution >= 4 is 0 Å². The molecule has 3 rings (SSSR count). The monoisotopic (exact) mass is 198 g/mol. The first-order chi connectivity index (χ1) is 7.45. The Kier molecular flexibility index (Phi) is 2.07. The van der Waals surface area contributed by atoms with E-state index < -0.39 is 0 Å². The minimum Gasteiger partial charge on any atom is -0.461 e. The van der Waals surface area contributed by atoms with Gasteiger partial charge in [0.25, 0.3) is 0 Å². The van der Waals surface area contributed by atoms with Crippen LogP contribution in [0.15, 0.2) is 41.0 Å². The van der Waals surface area contributed by atoms with E-state index >= 15 is 0 Å². The van der Waals surface area contributed by atoms with Crippen LogP contribution in [-0.4, -0.2) is 6.54 Å². The number of fused-ring (bicyclic) bond motifs is 1. The van der Waals surface area contributed by atoms with Gasteiger partial charge in [0.15, 0.2) is 6.26 Å². The van der Waals surface area contributed by atoms with Crippen molar-refractivity contribution in [3.8, 4) is 0 Å². The van der Waals surface area contributed by atoms with Gasteiger partial charge in [-0.1, -0.05) is 24.3 Å². The summed E-state index contributed by atoms with van der Waals surface area (Å²) in [4.78, 5) is 0. The number of furan rings is 1. The van der Waals surface area contributed by atoms with Crippen LogP contribution in [0.3, 0.4) is 0 Å². The Morgan fingerprint density at radius 1 is 1.27 bits per heavy atom. The van der Waals surface area contributed by atoms with Crippen LogP contribution in [0.25, 0.3) is 0 Å². The van der Waals surface area contributed by atoms with Gasteiger partial charge in [0.1, 0.15) is 0 Å².